The molecule has 0 aliphatic carbocycles. The maximum atomic E-state index is 13.3. The van der Waals surface area contributed by atoms with Gasteiger partial charge in [-0.2, -0.15) is 5.10 Å². The maximum Gasteiger partial charge on any atom is 0.338 e. The van der Waals surface area contributed by atoms with Crippen LogP contribution in [-0.2, 0) is 27.4 Å². The maximum absolute atomic E-state index is 13.3. The number of urea groups is 1. The van der Waals surface area contributed by atoms with Gasteiger partial charge < -0.3 is 34.3 Å². The molecule has 4 rings (SSSR count). The predicted octanol–water partition coefficient (Wildman–Crippen LogP) is 5.26. The highest BCUT2D eigenvalue weighted by atomic mass is 19.1. The van der Waals surface area contributed by atoms with Crippen molar-refractivity contribution in [2.75, 3.05) is 26.9 Å². The molecule has 13 heteroatoms. The first kappa shape index (κ1) is 36.0. The first-order chi connectivity index (χ1) is 23.7. The summed E-state index contributed by atoms with van der Waals surface area (Å²) in [6.45, 7) is 9.38. The quantitative estimate of drug-likeness (QED) is 0.0808. The van der Waals surface area contributed by atoms with E-state index < -0.39 is 23.9 Å². The molecule has 1 aliphatic heterocycles. The van der Waals surface area contributed by atoms with Gasteiger partial charge in [-0.05, 0) is 80.3 Å². The molecule has 0 aromatic heterocycles. The number of methoxy groups -OCH3 is 1. The number of rotatable bonds is 16. The molecule has 3 aromatic rings. The molecule has 0 spiro atoms. The van der Waals surface area contributed by atoms with E-state index >= 15 is 0 Å². The van der Waals surface area contributed by atoms with E-state index in [9.17, 15) is 18.8 Å². The lowest BCUT2D eigenvalue weighted by molar-refractivity contribution is -0.139. The van der Waals surface area contributed by atoms with Gasteiger partial charge in [0, 0.05) is 11.3 Å². The van der Waals surface area contributed by atoms with Crippen LogP contribution in [0.5, 0.6) is 23.0 Å². The molecular weight excluding hydrogens is 635 g/mol. The number of hydrogen-bond donors (Lipinski definition) is 3. The number of carbonyl (C=O) groups excluding carboxylic acids is 3. The molecule has 258 valence electrons. The number of hydrogen-bond acceptors (Lipinski definition) is 9. The standard InChI is InChI=1S/C36H39FN4O8/c1-6-9-26-16-24(17-30(46-7-2)34(26)49-20-23-10-13-27(37)14-11-23)19-38-41-31(42)21-48-28-15-12-25(18-29(28)45-5)33-32(35(43)47-8-3)22(4)39-36(44)40-33/h6,10-19,33H,1,7-9,20-21H2,2-5H3,(H,41,42)(H2,39,40,44)/b38-19-/t33-/m0/s1. The summed E-state index contributed by atoms with van der Waals surface area (Å²) in [6, 6.07) is 13.2. The van der Waals surface area contributed by atoms with Crippen LogP contribution in [0.3, 0.4) is 0 Å². The number of amides is 3. The Balaban J connectivity index is 1.42. The third-order valence-corrected chi connectivity index (χ3v) is 7.16. The molecule has 12 nitrogen and oxygen atoms in total. The van der Waals surface area contributed by atoms with Gasteiger partial charge in [-0.15, -0.1) is 6.58 Å². The minimum Gasteiger partial charge on any atom is -0.493 e. The number of ether oxygens (including phenoxy) is 5. The summed E-state index contributed by atoms with van der Waals surface area (Å²) in [6.07, 6.45) is 3.68. The van der Waals surface area contributed by atoms with Crippen LogP contribution in [0, 0.1) is 5.82 Å². The Kier molecular flexibility index (Phi) is 12.7. The van der Waals surface area contributed by atoms with Crippen LogP contribution in [0.1, 0.15) is 49.1 Å². The van der Waals surface area contributed by atoms with Crippen molar-refractivity contribution in [1.29, 1.82) is 0 Å². The lowest BCUT2D eigenvalue weighted by Gasteiger charge is -2.28. The average molecular weight is 675 g/mol. The predicted molar refractivity (Wildman–Crippen MR) is 180 cm³/mol. The van der Waals surface area contributed by atoms with Crippen molar-refractivity contribution in [3.05, 3.63) is 107 Å². The molecule has 0 radical (unpaired) electrons. The first-order valence-electron chi connectivity index (χ1n) is 15.5. The average Bonchev–Trinajstić information content (AvgIpc) is 3.07. The SMILES string of the molecule is C=CCc1cc(/C=N\NC(=O)COc2ccc([C@@H]3NC(=O)NC(C)=C3C(=O)OCC)cc2OC)cc(OCC)c1OCc1ccc(F)cc1. The molecule has 0 saturated heterocycles. The minimum absolute atomic E-state index is 0.171. The fraction of sp³-hybridized carbons (Fsp3) is 0.278. The molecule has 0 fully saturated rings. The van der Waals surface area contributed by atoms with Gasteiger partial charge in [0.2, 0.25) is 0 Å². The summed E-state index contributed by atoms with van der Waals surface area (Å²) in [4.78, 5) is 37.5. The van der Waals surface area contributed by atoms with Gasteiger partial charge in [0.25, 0.3) is 5.91 Å². The molecule has 1 aliphatic rings. The third kappa shape index (κ3) is 9.60. The second-order valence-corrected chi connectivity index (χ2v) is 10.6. The Bertz CT molecular complexity index is 1740. The Morgan fingerprint density at radius 2 is 1.78 bits per heavy atom. The van der Waals surface area contributed by atoms with Crippen LogP contribution in [0.15, 0.2) is 83.6 Å². The van der Waals surface area contributed by atoms with Crippen molar-refractivity contribution in [2.45, 2.75) is 39.8 Å². The molecular formula is C36H39FN4O8. The number of halogens is 1. The smallest absolute Gasteiger partial charge is 0.338 e. The van der Waals surface area contributed by atoms with Gasteiger partial charge >= 0.3 is 12.0 Å². The molecule has 0 bridgehead atoms. The van der Waals surface area contributed by atoms with Crippen molar-refractivity contribution < 1.29 is 42.5 Å². The number of nitrogens with one attached hydrogen (secondary N) is 3. The zero-order valence-corrected chi connectivity index (χ0v) is 27.8. The van der Waals surface area contributed by atoms with Crippen molar-refractivity contribution in [2.24, 2.45) is 5.10 Å². The normalized spacial score (nSPS) is 14.1. The zero-order chi connectivity index (χ0) is 35.3. The van der Waals surface area contributed by atoms with E-state index in [1.165, 1.54) is 25.5 Å². The number of nitrogens with zero attached hydrogens (tertiary/aromatic N) is 1. The van der Waals surface area contributed by atoms with Gasteiger partial charge in [0.1, 0.15) is 12.4 Å². The largest absolute Gasteiger partial charge is 0.493 e. The number of benzene rings is 3. The number of allylic oxidation sites excluding steroid dienone is 2. The summed E-state index contributed by atoms with van der Waals surface area (Å²) in [5.74, 6) is 0.134. The summed E-state index contributed by atoms with van der Waals surface area (Å²) >= 11 is 0. The molecule has 1 heterocycles. The number of esters is 1. The lowest BCUT2D eigenvalue weighted by Crippen LogP contribution is -2.45. The van der Waals surface area contributed by atoms with E-state index in [0.29, 0.717) is 41.4 Å². The van der Waals surface area contributed by atoms with Crippen molar-refractivity contribution in [3.8, 4) is 23.0 Å². The second-order valence-electron chi connectivity index (χ2n) is 10.6. The van der Waals surface area contributed by atoms with Crippen molar-refractivity contribution >= 4 is 24.1 Å². The lowest BCUT2D eigenvalue weighted by atomic mass is 9.95. The van der Waals surface area contributed by atoms with E-state index in [1.54, 1.807) is 56.3 Å². The highest BCUT2D eigenvalue weighted by Gasteiger charge is 2.32. The van der Waals surface area contributed by atoms with Crippen LogP contribution < -0.4 is 35.0 Å². The van der Waals surface area contributed by atoms with Crippen LogP contribution in [0.4, 0.5) is 9.18 Å². The molecule has 3 amide bonds. The monoisotopic (exact) mass is 674 g/mol. The molecule has 49 heavy (non-hydrogen) atoms. The Morgan fingerprint density at radius 3 is 2.47 bits per heavy atom. The van der Waals surface area contributed by atoms with E-state index in [1.807, 2.05) is 13.0 Å². The summed E-state index contributed by atoms with van der Waals surface area (Å²) in [5.41, 5.74) is 5.85. The molecule has 3 N–H and O–H groups in total. The van der Waals surface area contributed by atoms with Crippen LogP contribution in [0.25, 0.3) is 0 Å². The van der Waals surface area contributed by atoms with Gasteiger partial charge in [0.15, 0.2) is 29.6 Å². The minimum atomic E-state index is -0.793. The molecule has 0 saturated carbocycles. The van der Waals surface area contributed by atoms with Gasteiger partial charge in [-0.3, -0.25) is 4.79 Å². The van der Waals surface area contributed by atoms with Crippen LogP contribution in [0.2, 0.25) is 0 Å². The van der Waals surface area contributed by atoms with E-state index in [4.69, 9.17) is 23.7 Å². The Hall–Kier alpha value is -5.85. The van der Waals surface area contributed by atoms with Crippen molar-refractivity contribution in [1.82, 2.24) is 16.1 Å². The highest BCUT2D eigenvalue weighted by molar-refractivity contribution is 5.95. The summed E-state index contributed by atoms with van der Waals surface area (Å²) < 4.78 is 41.6. The Labute approximate surface area is 283 Å². The van der Waals surface area contributed by atoms with E-state index in [-0.39, 0.29) is 42.7 Å². The summed E-state index contributed by atoms with van der Waals surface area (Å²) in [7, 11) is 1.43. The van der Waals surface area contributed by atoms with Crippen molar-refractivity contribution in [3.63, 3.8) is 0 Å². The summed E-state index contributed by atoms with van der Waals surface area (Å²) in [5, 5.41) is 9.39. The fourth-order valence-corrected chi connectivity index (χ4v) is 4.99. The van der Waals surface area contributed by atoms with E-state index in [2.05, 4.69) is 27.7 Å². The van der Waals surface area contributed by atoms with Gasteiger partial charge in [0.05, 0.1) is 38.2 Å². The van der Waals surface area contributed by atoms with Gasteiger partial charge in [-0.1, -0.05) is 24.3 Å². The topological polar surface area (TPSA) is 146 Å². The molecule has 3 aromatic carbocycles. The molecule has 1 atom stereocenters. The highest BCUT2D eigenvalue weighted by Crippen LogP contribution is 2.36. The first-order valence-corrected chi connectivity index (χ1v) is 15.5. The van der Waals surface area contributed by atoms with Crippen LogP contribution in [-0.4, -0.2) is 51.1 Å². The Morgan fingerprint density at radius 1 is 1.00 bits per heavy atom. The van der Waals surface area contributed by atoms with Crippen LogP contribution >= 0.6 is 0 Å². The second kappa shape index (κ2) is 17.3. The van der Waals surface area contributed by atoms with E-state index in [0.717, 1.165) is 11.1 Å². The van der Waals surface area contributed by atoms with Gasteiger partial charge in [-0.25, -0.2) is 19.4 Å². The zero-order valence-electron chi connectivity index (χ0n) is 27.8. The fourth-order valence-electron chi connectivity index (χ4n) is 4.99. The molecule has 0 unspecified atom stereocenters. The number of carbonyl (C=O) groups is 3. The third-order valence-electron chi connectivity index (χ3n) is 7.16. The number of hydrazone groups is 1.